The molecule has 4 heteroatoms. The summed E-state index contributed by atoms with van der Waals surface area (Å²) in [5.74, 6) is -0.0100. The molecular weight excluding hydrogens is 216 g/mol. The first-order valence-corrected chi connectivity index (χ1v) is 6.08. The Bertz CT molecular complexity index is 383. The van der Waals surface area contributed by atoms with E-state index in [2.05, 4.69) is 4.98 Å². The summed E-state index contributed by atoms with van der Waals surface area (Å²) in [6.07, 6.45) is 6.31. The van der Waals surface area contributed by atoms with E-state index in [-0.39, 0.29) is 6.54 Å². The lowest BCUT2D eigenvalue weighted by atomic mass is 10.2. The highest BCUT2D eigenvalue weighted by Crippen LogP contribution is 2.26. The lowest BCUT2D eigenvalue weighted by molar-refractivity contribution is -0.135. The van der Waals surface area contributed by atoms with Crippen molar-refractivity contribution in [3.8, 4) is 0 Å². The molecule has 1 saturated carbocycles. The minimum atomic E-state index is -0.792. The van der Waals surface area contributed by atoms with E-state index in [1.165, 1.54) is 12.8 Å². The van der Waals surface area contributed by atoms with E-state index in [0.29, 0.717) is 6.04 Å². The summed E-state index contributed by atoms with van der Waals surface area (Å²) in [4.78, 5) is 17.2. The monoisotopic (exact) mass is 234 g/mol. The lowest BCUT2D eigenvalue weighted by Crippen LogP contribution is -2.38. The highest BCUT2D eigenvalue weighted by molar-refractivity contribution is 5.73. The first kappa shape index (κ1) is 11.9. The van der Waals surface area contributed by atoms with Crippen LogP contribution in [0.3, 0.4) is 0 Å². The molecule has 0 atom stereocenters. The van der Waals surface area contributed by atoms with E-state index in [4.69, 9.17) is 5.11 Å². The maximum absolute atomic E-state index is 10.9. The number of aliphatic carboxylic acids is 1. The van der Waals surface area contributed by atoms with Crippen molar-refractivity contribution in [3.05, 3.63) is 23.9 Å². The summed E-state index contributed by atoms with van der Waals surface area (Å²) >= 11 is 0. The van der Waals surface area contributed by atoms with Gasteiger partial charge in [0.1, 0.15) is 12.4 Å². The molecule has 0 aromatic carbocycles. The van der Waals surface area contributed by atoms with Gasteiger partial charge in [0.2, 0.25) is 0 Å². The zero-order valence-electron chi connectivity index (χ0n) is 10.1. The smallest absolute Gasteiger partial charge is 0.323 e. The van der Waals surface area contributed by atoms with Crippen LogP contribution in [0.25, 0.3) is 0 Å². The third kappa shape index (κ3) is 2.96. The van der Waals surface area contributed by atoms with Crippen molar-refractivity contribution in [1.29, 1.82) is 0 Å². The van der Waals surface area contributed by atoms with Crippen molar-refractivity contribution in [2.75, 3.05) is 11.4 Å². The predicted octanol–water partition coefficient (Wildman–Crippen LogP) is 2.22. The summed E-state index contributed by atoms with van der Waals surface area (Å²) in [6.45, 7) is 2.02. The van der Waals surface area contributed by atoms with Crippen LogP contribution in [0.2, 0.25) is 0 Å². The van der Waals surface area contributed by atoms with E-state index in [1.54, 1.807) is 6.20 Å². The first-order chi connectivity index (χ1) is 8.16. The molecule has 1 aromatic heterocycles. The number of hydrogen-bond donors (Lipinski definition) is 1. The van der Waals surface area contributed by atoms with Gasteiger partial charge in [0.25, 0.3) is 0 Å². The molecule has 0 bridgehead atoms. The van der Waals surface area contributed by atoms with E-state index in [1.807, 2.05) is 24.0 Å². The molecule has 1 aliphatic rings. The summed E-state index contributed by atoms with van der Waals surface area (Å²) in [7, 11) is 0. The van der Waals surface area contributed by atoms with Crippen LogP contribution in [0.15, 0.2) is 18.3 Å². The second-order valence-electron chi connectivity index (χ2n) is 4.65. The summed E-state index contributed by atoms with van der Waals surface area (Å²) < 4.78 is 0. The fraction of sp³-hybridized carbons (Fsp3) is 0.538. The topological polar surface area (TPSA) is 53.4 Å². The number of nitrogens with zero attached hydrogens (tertiary/aromatic N) is 2. The Hall–Kier alpha value is -1.58. The standard InChI is InChI=1S/C13H18N2O2/c1-10-6-7-12(14-8-10)15(9-13(16)17)11-4-2-3-5-11/h6-8,11H,2-5,9H2,1H3,(H,16,17). The number of carboxylic acids is 1. The molecular formula is C13H18N2O2. The van der Waals surface area contributed by atoms with Gasteiger partial charge in [-0.2, -0.15) is 0 Å². The average molecular weight is 234 g/mol. The molecule has 0 saturated heterocycles. The highest BCUT2D eigenvalue weighted by atomic mass is 16.4. The van der Waals surface area contributed by atoms with Gasteiger partial charge in [0.05, 0.1) is 0 Å². The van der Waals surface area contributed by atoms with Crippen LogP contribution in [0.5, 0.6) is 0 Å². The summed E-state index contributed by atoms with van der Waals surface area (Å²) in [5.41, 5.74) is 1.09. The van der Waals surface area contributed by atoms with Crippen LogP contribution in [0, 0.1) is 6.92 Å². The van der Waals surface area contributed by atoms with Gasteiger partial charge in [0, 0.05) is 12.2 Å². The Morgan fingerprint density at radius 2 is 2.18 bits per heavy atom. The number of hydrogen-bond acceptors (Lipinski definition) is 3. The molecule has 0 unspecified atom stereocenters. The van der Waals surface area contributed by atoms with Gasteiger partial charge < -0.3 is 10.0 Å². The van der Waals surface area contributed by atoms with Gasteiger partial charge in [-0.05, 0) is 31.4 Å². The van der Waals surface area contributed by atoms with Crippen LogP contribution < -0.4 is 4.90 Å². The largest absolute Gasteiger partial charge is 0.480 e. The Morgan fingerprint density at radius 3 is 2.71 bits per heavy atom. The average Bonchev–Trinajstić information content (AvgIpc) is 2.80. The third-order valence-corrected chi connectivity index (χ3v) is 3.26. The molecule has 1 N–H and O–H groups in total. The molecule has 1 heterocycles. The zero-order chi connectivity index (χ0) is 12.3. The Kier molecular flexibility index (Phi) is 3.61. The van der Waals surface area contributed by atoms with Crippen LogP contribution in [0.4, 0.5) is 5.82 Å². The molecule has 4 nitrogen and oxygen atoms in total. The number of pyridine rings is 1. The number of carboxylic acid groups (broad SMARTS) is 1. The van der Waals surface area contributed by atoms with Crippen molar-refractivity contribution in [2.45, 2.75) is 38.6 Å². The van der Waals surface area contributed by atoms with E-state index in [0.717, 1.165) is 24.2 Å². The molecule has 1 aromatic rings. The number of rotatable bonds is 4. The van der Waals surface area contributed by atoms with Crippen molar-refractivity contribution in [3.63, 3.8) is 0 Å². The minimum absolute atomic E-state index is 0.0424. The number of anilines is 1. The van der Waals surface area contributed by atoms with Crippen LogP contribution >= 0.6 is 0 Å². The second-order valence-corrected chi connectivity index (χ2v) is 4.65. The molecule has 1 aliphatic carbocycles. The zero-order valence-corrected chi connectivity index (χ0v) is 10.1. The number of aromatic nitrogens is 1. The Balaban J connectivity index is 2.19. The van der Waals surface area contributed by atoms with Gasteiger partial charge in [0.15, 0.2) is 0 Å². The normalized spacial score (nSPS) is 16.1. The molecule has 0 spiro atoms. The van der Waals surface area contributed by atoms with Gasteiger partial charge in [-0.25, -0.2) is 4.98 Å². The van der Waals surface area contributed by atoms with Crippen LogP contribution in [0.1, 0.15) is 31.2 Å². The SMILES string of the molecule is Cc1ccc(N(CC(=O)O)C2CCCC2)nc1. The van der Waals surface area contributed by atoms with Gasteiger partial charge in [-0.3, -0.25) is 4.79 Å². The summed E-state index contributed by atoms with van der Waals surface area (Å²) in [5, 5.41) is 8.99. The molecule has 0 amide bonds. The van der Waals surface area contributed by atoms with E-state index >= 15 is 0 Å². The quantitative estimate of drug-likeness (QED) is 0.868. The maximum Gasteiger partial charge on any atom is 0.323 e. The maximum atomic E-state index is 10.9. The van der Waals surface area contributed by atoms with Crippen LogP contribution in [-0.4, -0.2) is 28.6 Å². The van der Waals surface area contributed by atoms with Crippen molar-refractivity contribution in [2.24, 2.45) is 0 Å². The van der Waals surface area contributed by atoms with Crippen molar-refractivity contribution in [1.82, 2.24) is 4.98 Å². The second kappa shape index (κ2) is 5.17. The Morgan fingerprint density at radius 1 is 1.47 bits per heavy atom. The number of aryl methyl sites for hydroxylation is 1. The third-order valence-electron chi connectivity index (χ3n) is 3.26. The van der Waals surface area contributed by atoms with E-state index in [9.17, 15) is 4.79 Å². The molecule has 17 heavy (non-hydrogen) atoms. The van der Waals surface area contributed by atoms with Crippen molar-refractivity contribution < 1.29 is 9.90 Å². The molecule has 1 fully saturated rings. The highest BCUT2D eigenvalue weighted by Gasteiger charge is 2.25. The predicted molar refractivity (Wildman–Crippen MR) is 66.2 cm³/mol. The lowest BCUT2D eigenvalue weighted by Gasteiger charge is -2.28. The molecule has 0 radical (unpaired) electrons. The van der Waals surface area contributed by atoms with Crippen LogP contribution in [-0.2, 0) is 4.79 Å². The van der Waals surface area contributed by atoms with Gasteiger partial charge >= 0.3 is 5.97 Å². The molecule has 2 rings (SSSR count). The molecule has 92 valence electrons. The van der Waals surface area contributed by atoms with Gasteiger partial charge in [-0.15, -0.1) is 0 Å². The first-order valence-electron chi connectivity index (χ1n) is 6.08. The summed E-state index contributed by atoms with van der Waals surface area (Å²) in [6, 6.07) is 4.23. The Labute approximate surface area is 101 Å². The minimum Gasteiger partial charge on any atom is -0.480 e. The fourth-order valence-corrected chi connectivity index (χ4v) is 2.39. The number of carbonyl (C=O) groups is 1. The fourth-order valence-electron chi connectivity index (χ4n) is 2.39. The van der Waals surface area contributed by atoms with Crippen molar-refractivity contribution >= 4 is 11.8 Å². The van der Waals surface area contributed by atoms with E-state index < -0.39 is 5.97 Å². The van der Waals surface area contributed by atoms with Gasteiger partial charge in [-0.1, -0.05) is 18.9 Å². The molecule has 0 aliphatic heterocycles.